The van der Waals surface area contributed by atoms with Crippen LogP contribution in [0.5, 0.6) is 23.0 Å². The zero-order valence-electron chi connectivity index (χ0n) is 25.5. The molecule has 3 atom stereocenters. The number of oxime groups is 1. The fourth-order valence-electron chi connectivity index (χ4n) is 4.95. The lowest BCUT2D eigenvalue weighted by molar-refractivity contribution is -0.151. The Morgan fingerprint density at radius 1 is 1.10 bits per heavy atom. The number of carboxylic acid groups (broad SMARTS) is 2. The van der Waals surface area contributed by atoms with E-state index in [-0.39, 0.29) is 50.3 Å². The monoisotopic (exact) mass is 756 g/mol. The first-order chi connectivity index (χ1) is 24.3. The van der Waals surface area contributed by atoms with Crippen LogP contribution >= 0.6 is 34.9 Å². The Bertz CT molecular complexity index is 2130. The standard InChI is InChI=1S/C30H24N6O12S3/c31-29-33-14(10-50-29)20(35-48-23(28(45)46)12-2-4-16(38)18(40)6-12)24(41)34-21-25(42)36-22(27(43)44)13(8-49-26(21)36)9-51-30-32-7-19(47-30)11-1-3-15(37)17(39)5-11/h1-7,10,21,23,26,37-40H,8-9H2,(H2,31,33)(H,34,41)(H,43,44)(H,45,46)/t21-,23?,26+/m1/s1. The van der Waals surface area contributed by atoms with Gasteiger partial charge in [-0.3, -0.25) is 14.5 Å². The number of carbonyl (C=O) groups excluding carboxylic acids is 2. The Morgan fingerprint density at radius 2 is 1.82 bits per heavy atom. The van der Waals surface area contributed by atoms with Gasteiger partial charge < -0.3 is 50.9 Å². The third-order valence-corrected chi connectivity index (χ3v) is 10.3. The number of aromatic nitrogens is 2. The van der Waals surface area contributed by atoms with Crippen molar-refractivity contribution in [3.63, 3.8) is 0 Å². The number of nitrogens with zero attached hydrogens (tertiary/aromatic N) is 4. The van der Waals surface area contributed by atoms with Crippen LogP contribution in [0.3, 0.4) is 0 Å². The minimum Gasteiger partial charge on any atom is -0.504 e. The molecule has 2 amide bonds. The Kier molecular flexibility index (Phi) is 9.67. The number of carbonyl (C=O) groups is 4. The predicted molar refractivity (Wildman–Crippen MR) is 180 cm³/mol. The van der Waals surface area contributed by atoms with E-state index in [9.17, 15) is 49.8 Å². The van der Waals surface area contributed by atoms with E-state index in [1.807, 2.05) is 0 Å². The average Bonchev–Trinajstić information content (AvgIpc) is 3.75. The average molecular weight is 757 g/mol. The third kappa shape index (κ3) is 7.07. The molecule has 0 aliphatic carbocycles. The molecule has 1 unspecified atom stereocenters. The van der Waals surface area contributed by atoms with Crippen molar-refractivity contribution in [1.29, 1.82) is 0 Å². The molecule has 1 fully saturated rings. The molecule has 2 aliphatic rings. The molecular formula is C30H24N6O12S3. The van der Waals surface area contributed by atoms with Crippen molar-refractivity contribution in [2.24, 2.45) is 5.16 Å². The van der Waals surface area contributed by atoms with Gasteiger partial charge in [-0.2, -0.15) is 0 Å². The van der Waals surface area contributed by atoms with Crippen molar-refractivity contribution in [3.8, 4) is 34.3 Å². The first-order valence-electron chi connectivity index (χ1n) is 14.3. The third-order valence-electron chi connectivity index (χ3n) is 7.41. The van der Waals surface area contributed by atoms with Crippen LogP contribution in [-0.4, -0.2) is 97.9 Å². The zero-order chi connectivity index (χ0) is 36.6. The van der Waals surface area contributed by atoms with E-state index in [1.165, 1.54) is 47.6 Å². The van der Waals surface area contributed by atoms with E-state index in [2.05, 4.69) is 20.4 Å². The Labute approximate surface area is 297 Å². The van der Waals surface area contributed by atoms with Crippen LogP contribution < -0.4 is 11.1 Å². The molecule has 4 heterocycles. The maximum absolute atomic E-state index is 13.5. The highest BCUT2D eigenvalue weighted by molar-refractivity contribution is 8.01. The first-order valence-corrected chi connectivity index (χ1v) is 17.3. The van der Waals surface area contributed by atoms with Gasteiger partial charge >= 0.3 is 11.9 Å². The van der Waals surface area contributed by atoms with Crippen LogP contribution in [0.2, 0.25) is 0 Å². The summed E-state index contributed by atoms with van der Waals surface area (Å²) < 4.78 is 5.71. The molecule has 0 radical (unpaired) electrons. The van der Waals surface area contributed by atoms with E-state index in [0.29, 0.717) is 16.9 Å². The summed E-state index contributed by atoms with van der Waals surface area (Å²) in [6.07, 6.45) is -0.435. The minimum atomic E-state index is -1.84. The maximum Gasteiger partial charge on any atom is 0.352 e. The van der Waals surface area contributed by atoms with E-state index in [0.717, 1.165) is 40.1 Å². The van der Waals surface area contributed by atoms with Crippen molar-refractivity contribution >= 4 is 69.5 Å². The molecule has 0 saturated carbocycles. The fraction of sp³-hybridized carbons (Fsp3) is 0.167. The number of carboxylic acids is 2. The number of nitrogens with two attached hydrogens (primary N) is 1. The van der Waals surface area contributed by atoms with E-state index in [1.54, 1.807) is 0 Å². The number of hydrogen-bond acceptors (Lipinski definition) is 17. The van der Waals surface area contributed by atoms with Crippen LogP contribution in [0, 0.1) is 0 Å². The van der Waals surface area contributed by atoms with Gasteiger partial charge in [0, 0.05) is 28.0 Å². The lowest BCUT2D eigenvalue weighted by atomic mass is 10.0. The van der Waals surface area contributed by atoms with Gasteiger partial charge in [-0.25, -0.2) is 19.6 Å². The molecule has 2 aromatic heterocycles. The van der Waals surface area contributed by atoms with E-state index < -0.39 is 58.5 Å². The van der Waals surface area contributed by atoms with Crippen LogP contribution in [0.15, 0.2) is 74.0 Å². The van der Waals surface area contributed by atoms with Crippen molar-refractivity contribution < 1.29 is 59.1 Å². The molecule has 2 aromatic carbocycles. The molecule has 51 heavy (non-hydrogen) atoms. The van der Waals surface area contributed by atoms with Crippen LogP contribution in [0.4, 0.5) is 5.13 Å². The molecule has 0 bridgehead atoms. The molecule has 21 heteroatoms. The Balaban J connectivity index is 1.17. The van der Waals surface area contributed by atoms with Gasteiger partial charge in [-0.15, -0.1) is 23.1 Å². The van der Waals surface area contributed by atoms with E-state index >= 15 is 0 Å². The van der Waals surface area contributed by atoms with Crippen LogP contribution in [0.1, 0.15) is 17.4 Å². The number of aliphatic carboxylic acids is 2. The second-order valence-corrected chi connectivity index (χ2v) is 13.6. The number of oxazole rings is 1. The molecule has 1 saturated heterocycles. The van der Waals surface area contributed by atoms with Crippen molar-refractivity contribution in [2.75, 3.05) is 17.2 Å². The number of phenols is 4. The number of nitrogens with one attached hydrogen (secondary N) is 1. The normalized spacial score (nSPS) is 17.8. The summed E-state index contributed by atoms with van der Waals surface area (Å²) in [5, 5.41) is 65.5. The highest BCUT2D eigenvalue weighted by Gasteiger charge is 2.54. The number of β-lactam (4-membered cyclic amide) rings is 1. The zero-order valence-corrected chi connectivity index (χ0v) is 27.9. The largest absolute Gasteiger partial charge is 0.504 e. The smallest absolute Gasteiger partial charge is 0.352 e. The number of hydrogen-bond donors (Lipinski definition) is 8. The number of benzene rings is 2. The number of fused-ring (bicyclic) bond motifs is 1. The summed E-state index contributed by atoms with van der Waals surface area (Å²) >= 11 is 3.22. The molecular weight excluding hydrogens is 733 g/mol. The van der Waals surface area contributed by atoms with Crippen molar-refractivity contribution in [2.45, 2.75) is 22.7 Å². The number of aromatic hydroxyl groups is 4. The molecule has 6 rings (SSSR count). The Hall–Kier alpha value is -5.93. The highest BCUT2D eigenvalue weighted by Crippen LogP contribution is 2.42. The molecule has 18 nitrogen and oxygen atoms in total. The molecule has 9 N–H and O–H groups in total. The second-order valence-electron chi connectivity index (χ2n) is 10.7. The fourth-order valence-corrected chi connectivity index (χ4v) is 7.78. The van der Waals surface area contributed by atoms with Gasteiger partial charge in [0.1, 0.15) is 22.8 Å². The lowest BCUT2D eigenvalue weighted by Gasteiger charge is -2.49. The quantitative estimate of drug-likeness (QED) is 0.0338. The molecule has 264 valence electrons. The number of thioether (sulfide) groups is 2. The van der Waals surface area contributed by atoms with Gasteiger partial charge in [0.2, 0.25) is 6.10 Å². The van der Waals surface area contributed by atoms with E-state index in [4.69, 9.17) is 15.0 Å². The lowest BCUT2D eigenvalue weighted by Crippen LogP contribution is -2.71. The summed E-state index contributed by atoms with van der Waals surface area (Å²) in [5.41, 5.74) is 5.54. The van der Waals surface area contributed by atoms with Crippen LogP contribution in [-0.2, 0) is 24.0 Å². The summed E-state index contributed by atoms with van der Waals surface area (Å²) in [7, 11) is 0. The van der Waals surface area contributed by atoms with Gasteiger partial charge in [0.25, 0.3) is 17.0 Å². The van der Waals surface area contributed by atoms with Gasteiger partial charge in [0.15, 0.2) is 39.6 Å². The number of anilines is 1. The van der Waals surface area contributed by atoms with Crippen molar-refractivity contribution in [1.82, 2.24) is 20.2 Å². The molecule has 0 spiro atoms. The van der Waals surface area contributed by atoms with Crippen molar-refractivity contribution in [3.05, 3.63) is 70.5 Å². The second kappa shape index (κ2) is 14.1. The maximum atomic E-state index is 13.5. The number of nitrogen functional groups attached to an aromatic ring is 1. The number of thiazole rings is 1. The topological polar surface area (TPSA) is 291 Å². The van der Waals surface area contributed by atoms with Gasteiger partial charge in [-0.05, 0) is 35.9 Å². The van der Waals surface area contributed by atoms with Crippen LogP contribution in [0.25, 0.3) is 11.3 Å². The summed E-state index contributed by atoms with van der Waals surface area (Å²) in [4.78, 5) is 65.6. The number of rotatable bonds is 12. The SMILES string of the molecule is Nc1nc(C(=NOC(C(=O)O)c2ccc(O)c(O)c2)C(=O)N[C@@H]2C(=O)N3C(C(=O)O)=C(CSc4ncc(-c5ccc(O)c(O)c5)o4)CS[C@@H]23)cs1. The Morgan fingerprint density at radius 3 is 2.47 bits per heavy atom. The molecule has 4 aromatic rings. The molecule has 2 aliphatic heterocycles. The first kappa shape index (κ1) is 34.9. The predicted octanol–water partition coefficient (Wildman–Crippen LogP) is 2.28. The number of phenolic OH excluding ortho intramolecular Hbond substituents is 4. The van der Waals surface area contributed by atoms with Gasteiger partial charge in [-0.1, -0.05) is 23.0 Å². The number of amides is 2. The summed E-state index contributed by atoms with van der Waals surface area (Å²) in [6.45, 7) is 0. The summed E-state index contributed by atoms with van der Waals surface area (Å²) in [6, 6.07) is 6.05. The highest BCUT2D eigenvalue weighted by atomic mass is 32.2. The summed E-state index contributed by atoms with van der Waals surface area (Å²) in [5.74, 6) is -5.87. The van der Waals surface area contributed by atoms with Gasteiger partial charge in [0.05, 0.1) is 6.20 Å². The minimum absolute atomic E-state index is 0.0414.